The number of esters is 1. The normalized spacial score (nSPS) is 17.6. The first-order chi connectivity index (χ1) is 24.3. The Morgan fingerprint density at radius 3 is 2.41 bits per heavy atom. The number of thiophene rings is 1. The largest absolute Gasteiger partial charge is 0.463 e. The predicted octanol–water partition coefficient (Wildman–Crippen LogP) is 7.41. The van der Waals surface area contributed by atoms with E-state index in [1.54, 1.807) is 56.9 Å². The molecule has 2 N–H and O–H groups in total. The van der Waals surface area contributed by atoms with Crippen LogP contribution in [-0.4, -0.2) is 47.7 Å². The molecule has 2 amide bonds. The Bertz CT molecular complexity index is 1910. The molecule has 2 aliphatic heterocycles. The molecule has 9 nitrogen and oxygen atoms in total. The summed E-state index contributed by atoms with van der Waals surface area (Å²) in [5.41, 5.74) is 1.74. The topological polar surface area (TPSA) is 121 Å². The van der Waals surface area contributed by atoms with Gasteiger partial charge < -0.3 is 20.1 Å². The first kappa shape index (κ1) is 37.2. The van der Waals surface area contributed by atoms with Crippen LogP contribution in [0.4, 0.5) is 18.0 Å². The number of hydrogen-bond acceptors (Lipinski definition) is 8. The zero-order valence-corrected chi connectivity index (χ0v) is 29.6. The van der Waals surface area contributed by atoms with Gasteiger partial charge in [0.1, 0.15) is 11.4 Å². The minimum Gasteiger partial charge on any atom is -0.463 e. The first-order valence-electron chi connectivity index (χ1n) is 16.7. The minimum atomic E-state index is -1.03. The Hall–Kier alpha value is -5.09. The molecule has 51 heavy (non-hydrogen) atoms. The molecule has 3 aromatic rings. The highest BCUT2D eigenvalue weighted by Gasteiger charge is 2.43. The SMILES string of the molecule is CCOC(=O)C1=C([C@@H]2CCCN2C(=O)OC(C)(C)C)NC(CCc2ccc(F)cc2)=C(C#N)C1c1ccc(C(=O)NCc2ccc(F)c(F)c2)s1. The Labute approximate surface area is 298 Å². The van der Waals surface area contributed by atoms with Crippen molar-refractivity contribution in [1.29, 1.82) is 5.26 Å². The molecule has 1 saturated heterocycles. The third-order valence-electron chi connectivity index (χ3n) is 8.46. The van der Waals surface area contributed by atoms with Crippen LogP contribution in [-0.2, 0) is 27.2 Å². The maximum atomic E-state index is 13.9. The monoisotopic (exact) mass is 720 g/mol. The number of rotatable bonds is 10. The van der Waals surface area contributed by atoms with E-state index in [9.17, 15) is 32.8 Å². The molecule has 2 aliphatic rings. The number of carbonyl (C=O) groups is 3. The van der Waals surface area contributed by atoms with Crippen LogP contribution in [0.3, 0.4) is 0 Å². The summed E-state index contributed by atoms with van der Waals surface area (Å²) in [5.74, 6) is -4.51. The number of allylic oxidation sites excluding steroid dienone is 2. The summed E-state index contributed by atoms with van der Waals surface area (Å²) in [4.78, 5) is 43.0. The molecule has 13 heteroatoms. The molecule has 0 radical (unpaired) electrons. The van der Waals surface area contributed by atoms with E-state index >= 15 is 0 Å². The van der Waals surface area contributed by atoms with E-state index in [2.05, 4.69) is 16.7 Å². The van der Waals surface area contributed by atoms with Crippen molar-refractivity contribution in [2.75, 3.05) is 13.2 Å². The van der Waals surface area contributed by atoms with E-state index < -0.39 is 47.2 Å². The molecule has 1 fully saturated rings. The number of hydrogen-bond donors (Lipinski definition) is 2. The molecule has 1 unspecified atom stereocenters. The van der Waals surface area contributed by atoms with Crippen molar-refractivity contribution in [3.05, 3.63) is 115 Å². The zero-order chi connectivity index (χ0) is 36.9. The quantitative estimate of drug-likeness (QED) is 0.209. The summed E-state index contributed by atoms with van der Waals surface area (Å²) in [6.07, 6.45) is 1.35. The van der Waals surface area contributed by atoms with Crippen LogP contribution in [0.1, 0.15) is 78.6 Å². The van der Waals surface area contributed by atoms with Crippen molar-refractivity contribution in [3.8, 4) is 6.07 Å². The number of halogens is 3. The Morgan fingerprint density at radius 2 is 1.75 bits per heavy atom. The molecule has 0 aliphatic carbocycles. The lowest BCUT2D eigenvalue weighted by Crippen LogP contribution is -2.45. The fraction of sp³-hybridized carbons (Fsp3) is 0.368. The van der Waals surface area contributed by atoms with Crippen molar-refractivity contribution in [1.82, 2.24) is 15.5 Å². The van der Waals surface area contributed by atoms with Gasteiger partial charge in [-0.1, -0.05) is 18.2 Å². The van der Waals surface area contributed by atoms with Crippen molar-refractivity contribution < 1.29 is 37.0 Å². The summed E-state index contributed by atoms with van der Waals surface area (Å²) in [7, 11) is 0. The average Bonchev–Trinajstić information content (AvgIpc) is 3.78. The van der Waals surface area contributed by atoms with Crippen molar-refractivity contribution in [3.63, 3.8) is 0 Å². The molecule has 268 valence electrons. The molecule has 0 bridgehead atoms. The number of dihydropyridines is 1. The Morgan fingerprint density at radius 1 is 1.02 bits per heavy atom. The van der Waals surface area contributed by atoms with Gasteiger partial charge in [-0.3, -0.25) is 9.69 Å². The second kappa shape index (κ2) is 15.9. The Kier molecular flexibility index (Phi) is 11.6. The third kappa shape index (κ3) is 8.80. The van der Waals surface area contributed by atoms with Gasteiger partial charge in [-0.2, -0.15) is 5.26 Å². The number of nitrogens with zero attached hydrogens (tertiary/aromatic N) is 2. The van der Waals surface area contributed by atoms with Crippen LogP contribution < -0.4 is 10.6 Å². The van der Waals surface area contributed by atoms with Crippen LogP contribution >= 0.6 is 11.3 Å². The van der Waals surface area contributed by atoms with Gasteiger partial charge >= 0.3 is 12.1 Å². The average molecular weight is 721 g/mol. The zero-order valence-electron chi connectivity index (χ0n) is 28.8. The lowest BCUT2D eigenvalue weighted by atomic mass is 9.81. The number of carbonyl (C=O) groups excluding carboxylic acids is 3. The van der Waals surface area contributed by atoms with E-state index in [0.29, 0.717) is 54.1 Å². The number of benzene rings is 2. The molecular formula is C38H39F3N4O5S. The number of ether oxygens (including phenoxy) is 2. The minimum absolute atomic E-state index is 0.0495. The fourth-order valence-electron chi connectivity index (χ4n) is 6.16. The Balaban J connectivity index is 1.56. The third-order valence-corrected chi connectivity index (χ3v) is 9.61. The van der Waals surface area contributed by atoms with E-state index in [1.165, 1.54) is 18.2 Å². The summed E-state index contributed by atoms with van der Waals surface area (Å²) in [5, 5.41) is 16.7. The highest BCUT2D eigenvalue weighted by Crippen LogP contribution is 2.44. The van der Waals surface area contributed by atoms with Gasteiger partial charge in [0.15, 0.2) is 11.6 Å². The van der Waals surface area contributed by atoms with E-state index in [4.69, 9.17) is 9.47 Å². The number of likely N-dealkylation sites (tertiary alicyclic amines) is 1. The van der Waals surface area contributed by atoms with Gasteiger partial charge in [0.2, 0.25) is 0 Å². The summed E-state index contributed by atoms with van der Waals surface area (Å²) in [6, 6.07) is 14.3. The molecule has 2 aromatic carbocycles. The number of aryl methyl sites for hydroxylation is 1. The molecule has 0 spiro atoms. The van der Waals surface area contributed by atoms with E-state index in [0.717, 1.165) is 29.0 Å². The first-order valence-corrected chi connectivity index (χ1v) is 17.5. The van der Waals surface area contributed by atoms with Crippen LogP contribution in [0.5, 0.6) is 0 Å². The maximum Gasteiger partial charge on any atom is 0.410 e. The van der Waals surface area contributed by atoms with Gasteiger partial charge in [-0.25, -0.2) is 22.8 Å². The number of nitriles is 1. The molecule has 3 heterocycles. The van der Waals surface area contributed by atoms with Crippen molar-refractivity contribution in [2.24, 2.45) is 0 Å². The molecule has 2 atom stereocenters. The lowest BCUT2D eigenvalue weighted by Gasteiger charge is -2.36. The maximum absolute atomic E-state index is 13.9. The summed E-state index contributed by atoms with van der Waals surface area (Å²) in [6.45, 7) is 7.35. The van der Waals surface area contributed by atoms with Crippen LogP contribution in [0.2, 0.25) is 0 Å². The van der Waals surface area contributed by atoms with Crippen LogP contribution in [0, 0.1) is 28.8 Å². The van der Waals surface area contributed by atoms with Gasteiger partial charge in [0.05, 0.1) is 40.7 Å². The highest BCUT2D eigenvalue weighted by atomic mass is 32.1. The van der Waals surface area contributed by atoms with Crippen LogP contribution in [0.15, 0.2) is 77.1 Å². The van der Waals surface area contributed by atoms with Crippen molar-refractivity contribution in [2.45, 2.75) is 77.5 Å². The molecule has 1 aromatic heterocycles. The van der Waals surface area contributed by atoms with Gasteiger partial charge in [-0.15, -0.1) is 11.3 Å². The van der Waals surface area contributed by atoms with Gasteiger partial charge in [-0.05, 0) is 101 Å². The van der Waals surface area contributed by atoms with Crippen molar-refractivity contribution >= 4 is 29.3 Å². The van der Waals surface area contributed by atoms with Crippen LogP contribution in [0.25, 0.3) is 0 Å². The smallest absolute Gasteiger partial charge is 0.410 e. The van der Waals surface area contributed by atoms with E-state index in [-0.39, 0.29) is 35.0 Å². The molecular weight excluding hydrogens is 682 g/mol. The second-order valence-corrected chi connectivity index (χ2v) is 14.3. The predicted molar refractivity (Wildman–Crippen MR) is 185 cm³/mol. The summed E-state index contributed by atoms with van der Waals surface area (Å²) < 4.78 is 52.1. The molecule has 0 saturated carbocycles. The van der Waals surface area contributed by atoms with Gasteiger partial charge in [0, 0.05) is 29.4 Å². The molecule has 5 rings (SSSR count). The number of nitrogens with one attached hydrogen (secondary N) is 2. The summed E-state index contributed by atoms with van der Waals surface area (Å²) >= 11 is 1.08. The number of amides is 2. The second-order valence-electron chi connectivity index (χ2n) is 13.2. The lowest BCUT2D eigenvalue weighted by molar-refractivity contribution is -0.139. The van der Waals surface area contributed by atoms with E-state index in [1.807, 2.05) is 0 Å². The fourth-order valence-corrected chi connectivity index (χ4v) is 7.20. The highest BCUT2D eigenvalue weighted by molar-refractivity contribution is 7.14. The van der Waals surface area contributed by atoms with Gasteiger partial charge in [0.25, 0.3) is 5.91 Å². The standard InChI is InChI=1S/C38H39F3N4O5S/c1-5-49-36(47)33-32(30-16-17-31(51-30)35(46)43-21-23-10-14-26(40)27(41)19-23)25(20-42)28(15-11-22-8-12-24(39)13-9-22)44-34(33)29-7-6-18-45(29)37(48)50-38(2,3)4/h8-10,12-14,16-17,19,29,32,44H,5-7,11,15,18,21H2,1-4H3,(H,43,46)/t29-,32?/m0/s1.